The quantitative estimate of drug-likeness (QED) is 0.724. The van der Waals surface area contributed by atoms with Crippen LogP contribution in [0.5, 0.6) is 5.75 Å². The van der Waals surface area contributed by atoms with Crippen LogP contribution in [0.25, 0.3) is 0 Å². The number of nitrogens with zero attached hydrogens (tertiary/aromatic N) is 2. The van der Waals surface area contributed by atoms with Crippen molar-refractivity contribution in [2.24, 2.45) is 7.05 Å². The third-order valence-electron chi connectivity index (χ3n) is 3.06. The van der Waals surface area contributed by atoms with Gasteiger partial charge in [-0.1, -0.05) is 13.8 Å². The highest BCUT2D eigenvalue weighted by Gasteiger charge is 2.09. The lowest BCUT2D eigenvalue weighted by Gasteiger charge is -2.08. The van der Waals surface area contributed by atoms with E-state index >= 15 is 0 Å². The number of rotatable bonds is 8. The first kappa shape index (κ1) is 15.0. The van der Waals surface area contributed by atoms with Crippen molar-refractivity contribution >= 4 is 0 Å². The summed E-state index contributed by atoms with van der Waals surface area (Å²) in [5, 5.41) is 7.76. The molecule has 1 heterocycles. The Hall–Kier alpha value is -1.03. The lowest BCUT2D eigenvalue weighted by molar-refractivity contribution is 0.300. The number of ether oxygens (including phenoxy) is 1. The summed E-state index contributed by atoms with van der Waals surface area (Å²) >= 11 is 0. The molecule has 0 spiro atoms. The van der Waals surface area contributed by atoms with E-state index in [1.807, 2.05) is 25.6 Å². The van der Waals surface area contributed by atoms with E-state index in [1.165, 1.54) is 12.8 Å². The standard InChI is InChI=1S/C14H27N3O/c1-11(2)15-9-7-6-8-10-18-14-12(3)16-17(5)13(14)4/h11,15H,6-10H2,1-5H3. The smallest absolute Gasteiger partial charge is 0.162 e. The zero-order valence-corrected chi connectivity index (χ0v) is 12.4. The summed E-state index contributed by atoms with van der Waals surface area (Å²) in [6.45, 7) is 10.3. The molecule has 0 amide bonds. The number of hydrogen-bond donors (Lipinski definition) is 1. The van der Waals surface area contributed by atoms with Crippen LogP contribution in [0.4, 0.5) is 0 Å². The average Bonchev–Trinajstić information content (AvgIpc) is 2.53. The van der Waals surface area contributed by atoms with Crippen molar-refractivity contribution in [2.45, 2.75) is 53.0 Å². The lowest BCUT2D eigenvalue weighted by Crippen LogP contribution is -2.23. The van der Waals surface area contributed by atoms with Crippen LogP contribution >= 0.6 is 0 Å². The summed E-state index contributed by atoms with van der Waals surface area (Å²) in [6, 6.07) is 0.585. The van der Waals surface area contributed by atoms with Crippen molar-refractivity contribution < 1.29 is 4.74 Å². The Kier molecular flexibility index (Phi) is 6.19. The Morgan fingerprint density at radius 1 is 1.22 bits per heavy atom. The molecule has 4 heteroatoms. The SMILES string of the molecule is Cc1nn(C)c(C)c1OCCCCCNC(C)C. The van der Waals surface area contributed by atoms with E-state index in [2.05, 4.69) is 24.3 Å². The number of aromatic nitrogens is 2. The van der Waals surface area contributed by atoms with Crippen LogP contribution in [0.1, 0.15) is 44.5 Å². The van der Waals surface area contributed by atoms with E-state index in [4.69, 9.17) is 4.74 Å². The molecule has 18 heavy (non-hydrogen) atoms. The van der Waals surface area contributed by atoms with Gasteiger partial charge in [0.25, 0.3) is 0 Å². The number of aryl methyl sites for hydroxylation is 2. The largest absolute Gasteiger partial charge is 0.490 e. The maximum absolute atomic E-state index is 5.81. The Bertz CT molecular complexity index is 358. The summed E-state index contributed by atoms with van der Waals surface area (Å²) < 4.78 is 7.68. The predicted octanol–water partition coefficient (Wildman–Crippen LogP) is 2.58. The van der Waals surface area contributed by atoms with Crippen LogP contribution in [0.3, 0.4) is 0 Å². The highest BCUT2D eigenvalue weighted by atomic mass is 16.5. The number of nitrogens with one attached hydrogen (secondary N) is 1. The topological polar surface area (TPSA) is 39.1 Å². The fraction of sp³-hybridized carbons (Fsp3) is 0.786. The first-order valence-corrected chi connectivity index (χ1v) is 6.88. The molecular weight excluding hydrogens is 226 g/mol. The van der Waals surface area contributed by atoms with Crippen LogP contribution in [0.2, 0.25) is 0 Å². The molecule has 1 aromatic heterocycles. The number of hydrogen-bond acceptors (Lipinski definition) is 3. The van der Waals surface area contributed by atoms with Gasteiger partial charge < -0.3 is 10.1 Å². The summed E-state index contributed by atoms with van der Waals surface area (Å²) in [5.74, 6) is 0.956. The van der Waals surface area contributed by atoms with Crippen molar-refractivity contribution in [1.82, 2.24) is 15.1 Å². The average molecular weight is 253 g/mol. The van der Waals surface area contributed by atoms with Gasteiger partial charge in [-0.2, -0.15) is 5.10 Å². The van der Waals surface area contributed by atoms with Crippen molar-refractivity contribution in [3.63, 3.8) is 0 Å². The summed E-state index contributed by atoms with van der Waals surface area (Å²) in [6.07, 6.45) is 3.53. The van der Waals surface area contributed by atoms with Gasteiger partial charge >= 0.3 is 0 Å². The highest BCUT2D eigenvalue weighted by Crippen LogP contribution is 2.21. The van der Waals surface area contributed by atoms with E-state index in [1.54, 1.807) is 0 Å². The Morgan fingerprint density at radius 2 is 1.94 bits per heavy atom. The zero-order valence-electron chi connectivity index (χ0n) is 12.4. The van der Waals surface area contributed by atoms with Crippen LogP contribution in [0, 0.1) is 13.8 Å². The van der Waals surface area contributed by atoms with E-state index in [-0.39, 0.29) is 0 Å². The normalized spacial score (nSPS) is 11.2. The molecule has 0 radical (unpaired) electrons. The fourth-order valence-corrected chi connectivity index (χ4v) is 1.93. The molecule has 0 unspecified atom stereocenters. The molecule has 0 saturated heterocycles. The van der Waals surface area contributed by atoms with Gasteiger partial charge in [-0.05, 0) is 39.7 Å². The van der Waals surface area contributed by atoms with Crippen molar-refractivity contribution in [3.8, 4) is 5.75 Å². The molecule has 0 atom stereocenters. The van der Waals surface area contributed by atoms with Gasteiger partial charge in [0.2, 0.25) is 0 Å². The third kappa shape index (κ3) is 4.69. The lowest BCUT2D eigenvalue weighted by atomic mass is 10.2. The van der Waals surface area contributed by atoms with Gasteiger partial charge in [0.1, 0.15) is 5.69 Å². The van der Waals surface area contributed by atoms with Crippen LogP contribution in [-0.4, -0.2) is 29.0 Å². The maximum Gasteiger partial charge on any atom is 0.162 e. The molecular formula is C14H27N3O. The molecule has 1 N–H and O–H groups in total. The van der Waals surface area contributed by atoms with Gasteiger partial charge in [0, 0.05) is 13.1 Å². The molecule has 4 nitrogen and oxygen atoms in total. The molecule has 104 valence electrons. The van der Waals surface area contributed by atoms with Crippen LogP contribution in [0.15, 0.2) is 0 Å². The predicted molar refractivity (Wildman–Crippen MR) is 75.2 cm³/mol. The van der Waals surface area contributed by atoms with Crippen LogP contribution < -0.4 is 10.1 Å². The van der Waals surface area contributed by atoms with Crippen molar-refractivity contribution in [1.29, 1.82) is 0 Å². The minimum Gasteiger partial charge on any atom is -0.490 e. The minimum atomic E-state index is 0.585. The molecule has 0 aliphatic carbocycles. The summed E-state index contributed by atoms with van der Waals surface area (Å²) in [7, 11) is 1.95. The van der Waals surface area contributed by atoms with Gasteiger partial charge in [-0.25, -0.2) is 0 Å². The Morgan fingerprint density at radius 3 is 2.50 bits per heavy atom. The van der Waals surface area contributed by atoms with Gasteiger partial charge in [-0.3, -0.25) is 4.68 Å². The molecule has 0 bridgehead atoms. The maximum atomic E-state index is 5.81. The number of unbranched alkanes of at least 4 members (excludes halogenated alkanes) is 2. The third-order valence-corrected chi connectivity index (χ3v) is 3.06. The molecule has 1 aromatic rings. The molecule has 0 fully saturated rings. The van der Waals surface area contributed by atoms with E-state index in [0.717, 1.165) is 36.7 Å². The second-order valence-corrected chi connectivity index (χ2v) is 5.14. The summed E-state index contributed by atoms with van der Waals surface area (Å²) in [4.78, 5) is 0. The van der Waals surface area contributed by atoms with Gasteiger partial charge in [0.15, 0.2) is 5.75 Å². The van der Waals surface area contributed by atoms with E-state index < -0.39 is 0 Å². The van der Waals surface area contributed by atoms with E-state index in [0.29, 0.717) is 6.04 Å². The van der Waals surface area contributed by atoms with Crippen LogP contribution in [-0.2, 0) is 7.05 Å². The first-order chi connectivity index (χ1) is 8.52. The highest BCUT2D eigenvalue weighted by molar-refractivity contribution is 5.31. The second-order valence-electron chi connectivity index (χ2n) is 5.14. The molecule has 1 rings (SSSR count). The first-order valence-electron chi connectivity index (χ1n) is 6.88. The second kappa shape index (κ2) is 7.41. The molecule has 0 aliphatic heterocycles. The molecule has 0 aliphatic rings. The van der Waals surface area contributed by atoms with E-state index in [9.17, 15) is 0 Å². The van der Waals surface area contributed by atoms with Gasteiger partial charge in [0.05, 0.1) is 12.3 Å². The molecule has 0 aromatic carbocycles. The summed E-state index contributed by atoms with van der Waals surface area (Å²) in [5.41, 5.74) is 2.09. The zero-order chi connectivity index (χ0) is 13.5. The van der Waals surface area contributed by atoms with Crippen molar-refractivity contribution in [2.75, 3.05) is 13.2 Å². The molecule has 0 saturated carbocycles. The Labute approximate surface area is 111 Å². The minimum absolute atomic E-state index is 0.585. The monoisotopic (exact) mass is 253 g/mol. The fourth-order valence-electron chi connectivity index (χ4n) is 1.93. The van der Waals surface area contributed by atoms with Crippen molar-refractivity contribution in [3.05, 3.63) is 11.4 Å². The van der Waals surface area contributed by atoms with Gasteiger partial charge in [-0.15, -0.1) is 0 Å². The Balaban J connectivity index is 2.14.